The van der Waals surface area contributed by atoms with E-state index in [1.54, 1.807) is 24.3 Å². The van der Waals surface area contributed by atoms with E-state index in [0.29, 0.717) is 30.0 Å². The lowest BCUT2D eigenvalue weighted by molar-refractivity contribution is 0.152. The molecule has 1 fully saturated rings. The summed E-state index contributed by atoms with van der Waals surface area (Å²) in [6, 6.07) is 14.7. The van der Waals surface area contributed by atoms with Crippen LogP contribution in [0.4, 0.5) is 5.69 Å². The summed E-state index contributed by atoms with van der Waals surface area (Å²) < 4.78 is 30.1. The molecule has 0 atom stereocenters. The van der Waals surface area contributed by atoms with Gasteiger partial charge in [0.1, 0.15) is 5.75 Å². The number of aromatic amines is 1. The quantitative estimate of drug-likeness (QED) is 0.216. The molecular weight excluding hydrogens is 463 g/mol. The predicted octanol–water partition coefficient (Wildman–Crippen LogP) is 6.92. The standard InChI is InChI=1S/C27H35N2O5P/c1-3-5-16-32-35(31,33-17-6-4-2)34-23-11-9-10-21(18-23)26-20-27(30)24-19-22(12-13-25(24)28-26)29-14-7-8-15-29/h9-13,18-20H,3-8,14-17H2,1-2H3,(H,28,30). The van der Waals surface area contributed by atoms with E-state index in [1.807, 2.05) is 32.0 Å². The first-order valence-corrected chi connectivity index (χ1v) is 14.1. The van der Waals surface area contributed by atoms with E-state index in [9.17, 15) is 9.36 Å². The Morgan fingerprint density at radius 1 is 0.943 bits per heavy atom. The van der Waals surface area contributed by atoms with Crippen LogP contribution in [0.3, 0.4) is 0 Å². The minimum absolute atomic E-state index is 0.0439. The lowest BCUT2D eigenvalue weighted by Gasteiger charge is -2.19. The van der Waals surface area contributed by atoms with Gasteiger partial charge in [0.05, 0.1) is 13.2 Å². The van der Waals surface area contributed by atoms with Crippen LogP contribution in [-0.2, 0) is 13.6 Å². The number of pyridine rings is 1. The van der Waals surface area contributed by atoms with Crippen molar-refractivity contribution in [3.63, 3.8) is 0 Å². The van der Waals surface area contributed by atoms with E-state index in [0.717, 1.165) is 55.5 Å². The summed E-state index contributed by atoms with van der Waals surface area (Å²) in [5.41, 5.74) is 3.23. The Labute approximate surface area is 207 Å². The lowest BCUT2D eigenvalue weighted by atomic mass is 10.1. The van der Waals surface area contributed by atoms with Gasteiger partial charge in [-0.3, -0.25) is 13.8 Å². The molecule has 1 N–H and O–H groups in total. The zero-order valence-corrected chi connectivity index (χ0v) is 21.5. The Hall–Kier alpha value is -2.60. The number of phosphoric ester groups is 1. The Balaban J connectivity index is 1.58. The van der Waals surface area contributed by atoms with E-state index in [-0.39, 0.29) is 5.43 Å². The van der Waals surface area contributed by atoms with Gasteiger partial charge in [-0.2, -0.15) is 0 Å². The van der Waals surface area contributed by atoms with Crippen LogP contribution in [0, 0.1) is 0 Å². The first-order valence-electron chi connectivity index (χ1n) is 12.6. The Bertz CT molecular complexity index is 1220. The molecule has 0 aliphatic carbocycles. The summed E-state index contributed by atoms with van der Waals surface area (Å²) in [6.07, 6.45) is 5.74. The zero-order chi connectivity index (χ0) is 24.7. The molecule has 0 spiro atoms. The van der Waals surface area contributed by atoms with Crippen molar-refractivity contribution in [3.05, 3.63) is 58.8 Å². The fourth-order valence-electron chi connectivity index (χ4n) is 4.14. The van der Waals surface area contributed by atoms with Crippen LogP contribution in [0.1, 0.15) is 52.4 Å². The maximum atomic E-state index is 13.2. The molecule has 4 rings (SSSR count). The number of hydrogen-bond donors (Lipinski definition) is 1. The number of benzene rings is 2. The molecule has 1 aliphatic rings. The second-order valence-corrected chi connectivity index (χ2v) is 10.5. The molecule has 1 saturated heterocycles. The Morgan fingerprint density at radius 2 is 1.66 bits per heavy atom. The molecule has 3 aromatic rings. The van der Waals surface area contributed by atoms with Crippen molar-refractivity contribution in [2.45, 2.75) is 52.4 Å². The van der Waals surface area contributed by atoms with Gasteiger partial charge in [-0.25, -0.2) is 4.57 Å². The largest absolute Gasteiger partial charge is 0.530 e. The van der Waals surface area contributed by atoms with Crippen molar-refractivity contribution in [1.29, 1.82) is 0 Å². The highest BCUT2D eigenvalue weighted by molar-refractivity contribution is 7.48. The SMILES string of the molecule is CCCCOP(=O)(OCCCC)Oc1cccc(-c2cc(=O)c3cc(N4CCCC4)ccc3[nH]2)c1. The molecule has 0 unspecified atom stereocenters. The molecule has 2 aromatic carbocycles. The second-order valence-electron chi connectivity index (χ2n) is 8.91. The van der Waals surface area contributed by atoms with Crippen LogP contribution in [0.5, 0.6) is 5.75 Å². The topological polar surface area (TPSA) is 80.9 Å². The van der Waals surface area contributed by atoms with Gasteiger partial charge >= 0.3 is 7.82 Å². The van der Waals surface area contributed by atoms with Crippen molar-refractivity contribution in [3.8, 4) is 17.0 Å². The predicted molar refractivity (Wildman–Crippen MR) is 141 cm³/mol. The van der Waals surface area contributed by atoms with E-state index in [2.05, 4.69) is 16.0 Å². The summed E-state index contributed by atoms with van der Waals surface area (Å²) in [6.45, 7) is 6.74. The fraction of sp³-hybridized carbons (Fsp3) is 0.444. The molecule has 0 amide bonds. The van der Waals surface area contributed by atoms with Crippen LogP contribution in [0.25, 0.3) is 22.2 Å². The van der Waals surface area contributed by atoms with Gasteiger partial charge in [-0.05, 0) is 56.0 Å². The second kappa shape index (κ2) is 11.9. The van der Waals surface area contributed by atoms with Crippen LogP contribution >= 0.6 is 7.82 Å². The summed E-state index contributed by atoms with van der Waals surface area (Å²) in [5, 5.41) is 0.670. The summed E-state index contributed by atoms with van der Waals surface area (Å²) >= 11 is 0. The average molecular weight is 499 g/mol. The van der Waals surface area contributed by atoms with Crippen LogP contribution in [-0.4, -0.2) is 31.3 Å². The summed E-state index contributed by atoms with van der Waals surface area (Å²) in [4.78, 5) is 18.7. The molecule has 0 radical (unpaired) electrons. The molecule has 0 bridgehead atoms. The molecule has 2 heterocycles. The zero-order valence-electron chi connectivity index (χ0n) is 20.6. The van der Waals surface area contributed by atoms with Gasteiger partial charge in [0.25, 0.3) is 0 Å². The fourth-order valence-corrected chi connectivity index (χ4v) is 5.40. The van der Waals surface area contributed by atoms with Crippen molar-refractivity contribution >= 4 is 24.4 Å². The number of phosphoric acid groups is 1. The summed E-state index contributed by atoms with van der Waals surface area (Å²) in [5.74, 6) is 0.365. The van der Waals surface area contributed by atoms with E-state index in [1.165, 1.54) is 12.8 Å². The van der Waals surface area contributed by atoms with Gasteiger partial charge in [-0.1, -0.05) is 38.8 Å². The maximum Gasteiger partial charge on any atom is 0.530 e. The first kappa shape index (κ1) is 25.5. The third-order valence-corrected chi connectivity index (χ3v) is 7.57. The smallest absolute Gasteiger partial charge is 0.404 e. The van der Waals surface area contributed by atoms with Crippen LogP contribution in [0.15, 0.2) is 53.3 Å². The van der Waals surface area contributed by atoms with Crippen LogP contribution < -0.4 is 14.9 Å². The van der Waals surface area contributed by atoms with Gasteiger partial charge < -0.3 is 14.4 Å². The highest BCUT2D eigenvalue weighted by Crippen LogP contribution is 2.50. The van der Waals surface area contributed by atoms with Gasteiger partial charge in [0.15, 0.2) is 5.43 Å². The van der Waals surface area contributed by atoms with Gasteiger partial charge in [0.2, 0.25) is 0 Å². The number of H-pyrrole nitrogens is 1. The molecule has 1 aliphatic heterocycles. The van der Waals surface area contributed by atoms with Crippen molar-refractivity contribution < 1.29 is 18.1 Å². The highest BCUT2D eigenvalue weighted by atomic mass is 31.2. The average Bonchev–Trinajstić information content (AvgIpc) is 3.39. The van der Waals surface area contributed by atoms with Crippen molar-refractivity contribution in [2.75, 3.05) is 31.2 Å². The normalized spacial score (nSPS) is 14.1. The number of nitrogens with one attached hydrogen (secondary N) is 1. The number of hydrogen-bond acceptors (Lipinski definition) is 6. The Morgan fingerprint density at radius 3 is 2.34 bits per heavy atom. The van der Waals surface area contributed by atoms with Gasteiger partial charge in [-0.15, -0.1) is 0 Å². The number of fused-ring (bicyclic) bond motifs is 1. The van der Waals surface area contributed by atoms with Gasteiger partial charge in [0, 0.05) is 47.0 Å². The molecule has 0 saturated carbocycles. The number of rotatable bonds is 12. The van der Waals surface area contributed by atoms with E-state index >= 15 is 0 Å². The highest BCUT2D eigenvalue weighted by Gasteiger charge is 2.28. The maximum absolute atomic E-state index is 13.2. The molecular formula is C27H35N2O5P. The lowest BCUT2D eigenvalue weighted by Crippen LogP contribution is -2.17. The molecule has 7 nitrogen and oxygen atoms in total. The number of aromatic nitrogens is 1. The van der Waals surface area contributed by atoms with Crippen LogP contribution in [0.2, 0.25) is 0 Å². The third kappa shape index (κ3) is 6.54. The van der Waals surface area contributed by atoms with E-state index in [4.69, 9.17) is 13.6 Å². The minimum atomic E-state index is -3.75. The Kier molecular flexibility index (Phi) is 8.66. The molecule has 8 heteroatoms. The molecule has 188 valence electrons. The monoisotopic (exact) mass is 498 g/mol. The number of unbranched alkanes of at least 4 members (excludes halogenated alkanes) is 2. The van der Waals surface area contributed by atoms with Crippen molar-refractivity contribution in [2.24, 2.45) is 0 Å². The summed E-state index contributed by atoms with van der Waals surface area (Å²) in [7, 11) is -3.75. The minimum Gasteiger partial charge on any atom is -0.404 e. The molecule has 35 heavy (non-hydrogen) atoms. The number of anilines is 1. The van der Waals surface area contributed by atoms with E-state index < -0.39 is 7.82 Å². The number of nitrogens with zero attached hydrogens (tertiary/aromatic N) is 1. The first-order chi connectivity index (χ1) is 17.0. The third-order valence-electron chi connectivity index (χ3n) is 6.14. The van der Waals surface area contributed by atoms with Crippen molar-refractivity contribution in [1.82, 2.24) is 4.98 Å². The molecule has 1 aromatic heterocycles.